The molecule has 1 aromatic heterocycles. The summed E-state index contributed by atoms with van der Waals surface area (Å²) in [4.78, 5) is 16.4. The number of hydrogen-bond acceptors (Lipinski definition) is 2. The Morgan fingerprint density at radius 2 is 2.21 bits per heavy atom. The summed E-state index contributed by atoms with van der Waals surface area (Å²) in [6, 6.07) is 4.96. The standard InChI is InChI=1S/C14H17FN2OS/c1-3-5-9-12(18)16-14-17(4-2)13-10(15)7-6-8-11(13)19-14/h6-8H,3-5,9H2,1-2H3. The number of rotatable bonds is 4. The van der Waals surface area contributed by atoms with Crippen LogP contribution >= 0.6 is 11.3 Å². The summed E-state index contributed by atoms with van der Waals surface area (Å²) < 4.78 is 16.4. The number of carbonyl (C=O) groups excluding carboxylic acids is 1. The number of aryl methyl sites for hydroxylation is 1. The minimum atomic E-state index is -0.266. The van der Waals surface area contributed by atoms with Crippen LogP contribution in [0.25, 0.3) is 10.2 Å². The summed E-state index contributed by atoms with van der Waals surface area (Å²) in [5, 5.41) is 0. The van der Waals surface area contributed by atoms with E-state index in [4.69, 9.17) is 0 Å². The van der Waals surface area contributed by atoms with E-state index in [9.17, 15) is 9.18 Å². The summed E-state index contributed by atoms with van der Waals surface area (Å²) in [6.45, 7) is 4.56. The number of aromatic nitrogens is 1. The molecule has 0 saturated carbocycles. The number of halogens is 1. The Morgan fingerprint density at radius 3 is 2.89 bits per heavy atom. The van der Waals surface area contributed by atoms with E-state index < -0.39 is 0 Å². The SMILES string of the molecule is CCCCC(=O)N=c1sc2cccc(F)c2n1CC. The molecule has 0 radical (unpaired) electrons. The molecule has 2 aromatic rings. The van der Waals surface area contributed by atoms with Gasteiger partial charge < -0.3 is 4.57 Å². The Balaban J connectivity index is 2.52. The highest BCUT2D eigenvalue weighted by Crippen LogP contribution is 2.20. The third-order valence-corrected chi connectivity index (χ3v) is 3.98. The average Bonchev–Trinajstić information content (AvgIpc) is 2.75. The van der Waals surface area contributed by atoms with Crippen LogP contribution in [0.3, 0.4) is 0 Å². The highest BCUT2D eigenvalue weighted by Gasteiger charge is 2.10. The van der Waals surface area contributed by atoms with E-state index in [1.165, 1.54) is 17.4 Å². The van der Waals surface area contributed by atoms with Gasteiger partial charge in [-0.25, -0.2) is 4.39 Å². The number of amides is 1. The van der Waals surface area contributed by atoms with Crippen LogP contribution in [0.1, 0.15) is 33.1 Å². The van der Waals surface area contributed by atoms with E-state index >= 15 is 0 Å². The van der Waals surface area contributed by atoms with Crippen molar-refractivity contribution in [3.63, 3.8) is 0 Å². The highest BCUT2D eigenvalue weighted by molar-refractivity contribution is 7.16. The smallest absolute Gasteiger partial charge is 0.248 e. The van der Waals surface area contributed by atoms with Crippen LogP contribution in [-0.4, -0.2) is 10.5 Å². The van der Waals surface area contributed by atoms with Crippen LogP contribution in [-0.2, 0) is 11.3 Å². The quantitative estimate of drug-likeness (QED) is 0.844. The zero-order valence-electron chi connectivity index (χ0n) is 11.1. The lowest BCUT2D eigenvalue weighted by Crippen LogP contribution is -2.16. The minimum absolute atomic E-state index is 0.129. The van der Waals surface area contributed by atoms with Crippen LogP contribution in [0.5, 0.6) is 0 Å². The summed E-state index contributed by atoms with van der Waals surface area (Å²) in [7, 11) is 0. The zero-order valence-corrected chi connectivity index (χ0v) is 12.0. The molecule has 0 aliphatic rings. The monoisotopic (exact) mass is 280 g/mol. The van der Waals surface area contributed by atoms with Crippen LogP contribution in [0.15, 0.2) is 23.2 Å². The number of para-hydroxylation sites is 1. The Bertz CT molecular complexity index is 657. The number of nitrogens with zero attached hydrogens (tertiary/aromatic N) is 2. The van der Waals surface area contributed by atoms with Gasteiger partial charge in [-0.1, -0.05) is 30.7 Å². The van der Waals surface area contributed by atoms with Gasteiger partial charge in [0.05, 0.1) is 10.2 Å². The Morgan fingerprint density at radius 1 is 1.42 bits per heavy atom. The van der Waals surface area contributed by atoms with Crippen molar-refractivity contribution in [2.75, 3.05) is 0 Å². The molecule has 1 amide bonds. The van der Waals surface area contributed by atoms with E-state index in [1.54, 1.807) is 10.6 Å². The fourth-order valence-electron chi connectivity index (χ4n) is 1.96. The van der Waals surface area contributed by atoms with Crippen LogP contribution in [0.4, 0.5) is 4.39 Å². The maximum Gasteiger partial charge on any atom is 0.248 e. The van der Waals surface area contributed by atoms with E-state index in [-0.39, 0.29) is 11.7 Å². The van der Waals surface area contributed by atoms with Gasteiger partial charge in [0.2, 0.25) is 5.91 Å². The van der Waals surface area contributed by atoms with Gasteiger partial charge in [-0.2, -0.15) is 4.99 Å². The van der Waals surface area contributed by atoms with Crippen molar-refractivity contribution in [1.82, 2.24) is 4.57 Å². The molecule has 0 bridgehead atoms. The van der Waals surface area contributed by atoms with Gasteiger partial charge >= 0.3 is 0 Å². The second-order valence-electron chi connectivity index (χ2n) is 4.32. The van der Waals surface area contributed by atoms with Gasteiger partial charge in [0.1, 0.15) is 5.82 Å². The fourth-order valence-corrected chi connectivity index (χ4v) is 3.08. The Labute approximate surface area is 115 Å². The number of benzene rings is 1. The molecule has 19 heavy (non-hydrogen) atoms. The Kier molecular flexibility index (Phi) is 4.47. The normalized spacial score (nSPS) is 12.3. The largest absolute Gasteiger partial charge is 0.314 e. The van der Waals surface area contributed by atoms with Gasteiger partial charge in [0.15, 0.2) is 4.80 Å². The third-order valence-electron chi connectivity index (χ3n) is 2.93. The molecule has 0 atom stereocenters. The number of hydrogen-bond donors (Lipinski definition) is 0. The topological polar surface area (TPSA) is 34.4 Å². The van der Waals surface area contributed by atoms with E-state index in [2.05, 4.69) is 4.99 Å². The third kappa shape index (κ3) is 2.92. The zero-order chi connectivity index (χ0) is 13.8. The lowest BCUT2D eigenvalue weighted by molar-refractivity contribution is -0.118. The van der Waals surface area contributed by atoms with E-state index in [1.807, 2.05) is 19.9 Å². The molecule has 0 fully saturated rings. The first-order valence-electron chi connectivity index (χ1n) is 6.52. The van der Waals surface area contributed by atoms with Crippen LogP contribution < -0.4 is 4.80 Å². The highest BCUT2D eigenvalue weighted by atomic mass is 32.1. The summed E-state index contributed by atoms with van der Waals surface area (Å²) in [5.74, 6) is -0.394. The van der Waals surface area contributed by atoms with E-state index in [0.717, 1.165) is 17.5 Å². The fraction of sp³-hybridized carbons (Fsp3) is 0.429. The van der Waals surface area contributed by atoms with Crippen LogP contribution in [0.2, 0.25) is 0 Å². The van der Waals surface area contributed by atoms with Crippen molar-refractivity contribution in [2.45, 2.75) is 39.7 Å². The first-order chi connectivity index (χ1) is 9.17. The van der Waals surface area contributed by atoms with Crippen molar-refractivity contribution < 1.29 is 9.18 Å². The molecule has 1 aromatic carbocycles. The lowest BCUT2D eigenvalue weighted by Gasteiger charge is -2.00. The molecule has 0 aliphatic carbocycles. The predicted octanol–water partition coefficient (Wildman–Crippen LogP) is 3.48. The molecule has 0 aliphatic heterocycles. The molecule has 102 valence electrons. The maximum absolute atomic E-state index is 13.8. The molecule has 0 spiro atoms. The maximum atomic E-state index is 13.8. The van der Waals surface area contributed by atoms with E-state index in [0.29, 0.717) is 23.3 Å². The predicted molar refractivity (Wildman–Crippen MR) is 75.5 cm³/mol. The van der Waals surface area contributed by atoms with Gasteiger partial charge in [0, 0.05) is 13.0 Å². The summed E-state index contributed by atoms with van der Waals surface area (Å²) in [6.07, 6.45) is 2.26. The molecule has 0 unspecified atom stereocenters. The number of carbonyl (C=O) groups is 1. The first kappa shape index (κ1) is 13.9. The van der Waals surface area contributed by atoms with Gasteiger partial charge in [-0.3, -0.25) is 4.79 Å². The molecule has 0 saturated heterocycles. The molecular formula is C14H17FN2OS. The van der Waals surface area contributed by atoms with Gasteiger partial charge in [-0.05, 0) is 25.5 Å². The summed E-state index contributed by atoms with van der Waals surface area (Å²) in [5.41, 5.74) is 0.539. The number of thiazole rings is 1. The van der Waals surface area contributed by atoms with Crippen LogP contribution in [0, 0.1) is 5.82 Å². The molecule has 2 rings (SSSR count). The van der Waals surface area contributed by atoms with Crippen molar-refractivity contribution in [3.8, 4) is 0 Å². The number of unbranched alkanes of at least 4 members (excludes halogenated alkanes) is 1. The molecule has 1 heterocycles. The molecule has 3 nitrogen and oxygen atoms in total. The van der Waals surface area contributed by atoms with Crippen molar-refractivity contribution in [1.29, 1.82) is 0 Å². The molecule has 5 heteroatoms. The van der Waals surface area contributed by atoms with Gasteiger partial charge in [0.25, 0.3) is 0 Å². The first-order valence-corrected chi connectivity index (χ1v) is 7.34. The number of fused-ring (bicyclic) bond motifs is 1. The lowest BCUT2D eigenvalue weighted by atomic mass is 10.2. The molecule has 0 N–H and O–H groups in total. The van der Waals surface area contributed by atoms with Crippen molar-refractivity contribution in [3.05, 3.63) is 28.8 Å². The molecular weight excluding hydrogens is 263 g/mol. The minimum Gasteiger partial charge on any atom is -0.314 e. The van der Waals surface area contributed by atoms with Gasteiger partial charge in [-0.15, -0.1) is 0 Å². The second-order valence-corrected chi connectivity index (χ2v) is 5.33. The van der Waals surface area contributed by atoms with Crippen molar-refractivity contribution >= 4 is 27.5 Å². The second kappa shape index (κ2) is 6.10. The summed E-state index contributed by atoms with van der Waals surface area (Å²) >= 11 is 1.36. The average molecular weight is 280 g/mol. The Hall–Kier alpha value is -1.49. The van der Waals surface area contributed by atoms with Crippen molar-refractivity contribution in [2.24, 2.45) is 4.99 Å².